The van der Waals surface area contributed by atoms with Gasteiger partial charge in [0.05, 0.1) is 12.7 Å². The summed E-state index contributed by atoms with van der Waals surface area (Å²) in [6.45, 7) is 4.85. The first-order valence-corrected chi connectivity index (χ1v) is 3.73. The number of allylic oxidation sites excluding steroid dienone is 1. The van der Waals surface area contributed by atoms with Gasteiger partial charge in [-0.15, -0.1) is 0 Å². The second-order valence-electron chi connectivity index (χ2n) is 2.50. The summed E-state index contributed by atoms with van der Waals surface area (Å²) in [6, 6.07) is 0. The quantitative estimate of drug-likeness (QED) is 0.519. The summed E-state index contributed by atoms with van der Waals surface area (Å²) >= 11 is 0. The molecule has 0 radical (unpaired) electrons. The molecule has 1 fully saturated rings. The van der Waals surface area contributed by atoms with E-state index in [0.717, 1.165) is 13.0 Å². The first-order chi connectivity index (χ1) is 4.83. The smallest absolute Gasteiger partial charge is 0.177 e. The van der Waals surface area contributed by atoms with Crippen LogP contribution in [0.4, 0.5) is 0 Å². The summed E-state index contributed by atoms with van der Waals surface area (Å²) in [5.41, 5.74) is 0. The normalized spacial score (nSPS) is 35.0. The van der Waals surface area contributed by atoms with Gasteiger partial charge in [0, 0.05) is 0 Å². The van der Waals surface area contributed by atoms with Crippen LogP contribution in [-0.4, -0.2) is 19.0 Å². The molecule has 0 amide bonds. The van der Waals surface area contributed by atoms with Crippen molar-refractivity contribution in [3.63, 3.8) is 0 Å². The maximum absolute atomic E-state index is 5.42. The van der Waals surface area contributed by atoms with Crippen molar-refractivity contribution >= 4 is 0 Å². The lowest BCUT2D eigenvalue weighted by Gasteiger charge is -2.25. The number of ether oxygens (including phenoxy) is 2. The van der Waals surface area contributed by atoms with E-state index in [2.05, 4.69) is 6.92 Å². The van der Waals surface area contributed by atoms with Crippen LogP contribution in [0.15, 0.2) is 12.2 Å². The topological polar surface area (TPSA) is 18.5 Å². The monoisotopic (exact) mass is 142 g/mol. The lowest BCUT2D eigenvalue weighted by molar-refractivity contribution is -0.181. The molecule has 1 rings (SSSR count). The highest BCUT2D eigenvalue weighted by Gasteiger charge is 2.15. The zero-order valence-corrected chi connectivity index (χ0v) is 6.54. The van der Waals surface area contributed by atoms with Crippen LogP contribution in [0.3, 0.4) is 0 Å². The van der Waals surface area contributed by atoms with Crippen molar-refractivity contribution in [1.82, 2.24) is 0 Å². The molecular weight excluding hydrogens is 128 g/mol. The minimum absolute atomic E-state index is 0.103. The van der Waals surface area contributed by atoms with Crippen LogP contribution < -0.4 is 0 Å². The van der Waals surface area contributed by atoms with Crippen molar-refractivity contribution in [3.05, 3.63) is 12.2 Å². The Hall–Kier alpha value is -0.340. The molecule has 1 aliphatic heterocycles. The molecule has 0 saturated carbocycles. The van der Waals surface area contributed by atoms with Crippen LogP contribution in [-0.2, 0) is 9.47 Å². The van der Waals surface area contributed by atoms with E-state index in [0.29, 0.717) is 6.10 Å². The van der Waals surface area contributed by atoms with Crippen LogP contribution in [0.25, 0.3) is 0 Å². The van der Waals surface area contributed by atoms with E-state index in [1.54, 1.807) is 0 Å². The third-order valence-electron chi connectivity index (χ3n) is 1.52. The van der Waals surface area contributed by atoms with Crippen molar-refractivity contribution in [1.29, 1.82) is 0 Å². The maximum Gasteiger partial charge on any atom is 0.177 e. The molecule has 0 spiro atoms. The molecular formula is C8H14O2. The van der Waals surface area contributed by atoms with E-state index in [-0.39, 0.29) is 6.29 Å². The third-order valence-corrected chi connectivity index (χ3v) is 1.52. The van der Waals surface area contributed by atoms with Crippen LogP contribution in [0, 0.1) is 0 Å². The van der Waals surface area contributed by atoms with Gasteiger partial charge in [-0.2, -0.15) is 0 Å². The standard InChI is InChI=1S/C8H14O2/c1-3-4-8-9-6-5-7(2)10-8/h3-4,7-8H,5-6H2,1-2H3/b4-3+/t7-,8-/m0/s1. The summed E-state index contributed by atoms with van der Waals surface area (Å²) < 4.78 is 10.7. The van der Waals surface area contributed by atoms with Gasteiger partial charge >= 0.3 is 0 Å². The minimum atomic E-state index is -0.103. The molecule has 0 unspecified atom stereocenters. The predicted octanol–water partition coefficient (Wildman–Crippen LogP) is 1.71. The lowest BCUT2D eigenvalue weighted by Crippen LogP contribution is -2.28. The van der Waals surface area contributed by atoms with Gasteiger partial charge < -0.3 is 9.47 Å². The Bertz CT molecular complexity index is 120. The average Bonchev–Trinajstić information content (AvgIpc) is 1.88. The first-order valence-electron chi connectivity index (χ1n) is 3.73. The fourth-order valence-electron chi connectivity index (χ4n) is 0.944. The van der Waals surface area contributed by atoms with Gasteiger partial charge in [-0.1, -0.05) is 6.08 Å². The van der Waals surface area contributed by atoms with Gasteiger partial charge in [0.15, 0.2) is 6.29 Å². The lowest BCUT2D eigenvalue weighted by atomic mass is 10.3. The summed E-state index contributed by atoms with van der Waals surface area (Å²) in [6.07, 6.45) is 5.12. The molecule has 0 N–H and O–H groups in total. The van der Waals surface area contributed by atoms with Crippen molar-refractivity contribution in [2.45, 2.75) is 32.7 Å². The first kappa shape index (κ1) is 7.76. The van der Waals surface area contributed by atoms with Crippen LogP contribution in [0.2, 0.25) is 0 Å². The maximum atomic E-state index is 5.42. The zero-order chi connectivity index (χ0) is 7.40. The largest absolute Gasteiger partial charge is 0.349 e. The number of rotatable bonds is 1. The molecule has 1 heterocycles. The second kappa shape index (κ2) is 3.74. The second-order valence-corrected chi connectivity index (χ2v) is 2.50. The molecule has 0 aromatic rings. The Morgan fingerprint density at radius 3 is 2.90 bits per heavy atom. The predicted molar refractivity (Wildman–Crippen MR) is 39.7 cm³/mol. The van der Waals surface area contributed by atoms with Gasteiger partial charge in [0.2, 0.25) is 0 Å². The Morgan fingerprint density at radius 2 is 2.30 bits per heavy atom. The Labute approximate surface area is 61.8 Å². The number of hydrogen-bond donors (Lipinski definition) is 0. The SMILES string of the molecule is C/C=C/[C@H]1OCC[C@H](C)O1. The van der Waals surface area contributed by atoms with Crippen molar-refractivity contribution in [2.24, 2.45) is 0 Å². The van der Waals surface area contributed by atoms with Gasteiger partial charge in [-0.3, -0.25) is 0 Å². The summed E-state index contributed by atoms with van der Waals surface area (Å²) in [5.74, 6) is 0. The van der Waals surface area contributed by atoms with Gasteiger partial charge in [0.25, 0.3) is 0 Å². The van der Waals surface area contributed by atoms with E-state index in [1.165, 1.54) is 0 Å². The fourth-order valence-corrected chi connectivity index (χ4v) is 0.944. The van der Waals surface area contributed by atoms with Crippen LogP contribution in [0.5, 0.6) is 0 Å². The highest BCUT2D eigenvalue weighted by Crippen LogP contribution is 2.12. The summed E-state index contributed by atoms with van der Waals surface area (Å²) in [7, 11) is 0. The van der Waals surface area contributed by atoms with E-state index in [1.807, 2.05) is 19.1 Å². The van der Waals surface area contributed by atoms with E-state index in [9.17, 15) is 0 Å². The molecule has 1 saturated heterocycles. The van der Waals surface area contributed by atoms with Gasteiger partial charge in [-0.05, 0) is 26.3 Å². The van der Waals surface area contributed by atoms with Crippen LogP contribution in [0.1, 0.15) is 20.3 Å². The Kier molecular flexibility index (Phi) is 2.90. The molecule has 2 atom stereocenters. The minimum Gasteiger partial charge on any atom is -0.349 e. The fraction of sp³-hybridized carbons (Fsp3) is 0.750. The third kappa shape index (κ3) is 2.12. The molecule has 0 aromatic carbocycles. The molecule has 58 valence electrons. The molecule has 10 heavy (non-hydrogen) atoms. The average molecular weight is 142 g/mol. The molecule has 2 nitrogen and oxygen atoms in total. The number of hydrogen-bond acceptors (Lipinski definition) is 2. The molecule has 0 aromatic heterocycles. The molecule has 0 bridgehead atoms. The summed E-state index contributed by atoms with van der Waals surface area (Å²) in [5, 5.41) is 0. The summed E-state index contributed by atoms with van der Waals surface area (Å²) in [4.78, 5) is 0. The Balaban J connectivity index is 2.32. The van der Waals surface area contributed by atoms with Crippen molar-refractivity contribution in [3.8, 4) is 0 Å². The van der Waals surface area contributed by atoms with E-state index >= 15 is 0 Å². The molecule has 1 aliphatic rings. The molecule has 2 heteroatoms. The van der Waals surface area contributed by atoms with E-state index < -0.39 is 0 Å². The Morgan fingerprint density at radius 1 is 1.50 bits per heavy atom. The van der Waals surface area contributed by atoms with Crippen LogP contribution >= 0.6 is 0 Å². The van der Waals surface area contributed by atoms with Crippen molar-refractivity contribution in [2.75, 3.05) is 6.61 Å². The molecule has 0 aliphatic carbocycles. The van der Waals surface area contributed by atoms with Crippen molar-refractivity contribution < 1.29 is 9.47 Å². The highest BCUT2D eigenvalue weighted by atomic mass is 16.7. The van der Waals surface area contributed by atoms with E-state index in [4.69, 9.17) is 9.47 Å². The van der Waals surface area contributed by atoms with Gasteiger partial charge in [0.1, 0.15) is 0 Å². The van der Waals surface area contributed by atoms with Gasteiger partial charge in [-0.25, -0.2) is 0 Å². The zero-order valence-electron chi connectivity index (χ0n) is 6.54. The highest BCUT2D eigenvalue weighted by molar-refractivity contribution is 4.83.